The van der Waals surface area contributed by atoms with Crippen LogP contribution in [0, 0.1) is 0 Å². The minimum atomic E-state index is -6.09. The topological polar surface area (TPSA) is 114 Å². The van der Waals surface area contributed by atoms with E-state index in [-0.39, 0.29) is 42.1 Å². The van der Waals surface area contributed by atoms with Gasteiger partial charge in [-0.2, -0.15) is 26.3 Å². The van der Waals surface area contributed by atoms with Crippen LogP contribution in [0.4, 0.5) is 26.3 Å². The fourth-order valence-electron chi connectivity index (χ4n) is 0.304. The van der Waals surface area contributed by atoms with E-state index in [1.807, 2.05) is 24.3 Å². The van der Waals surface area contributed by atoms with Gasteiger partial charge in [0.15, 0.2) is 20.2 Å². The molecule has 6 nitrogen and oxygen atoms in total. The SMILES string of the molecule is C1=CC=C=CC=1.O=S(=O)([O-])C(F)(F)F.O=S(=O)([O-])C(F)(F)F.[Pt].[Pt]. The fourth-order valence-corrected chi connectivity index (χ4v) is 0.304. The zero-order chi connectivity index (χ0) is 18.2. The van der Waals surface area contributed by atoms with Crippen molar-refractivity contribution < 1.29 is 94.4 Å². The summed E-state index contributed by atoms with van der Waals surface area (Å²) in [5, 5.41) is 0. The van der Waals surface area contributed by atoms with Gasteiger partial charge < -0.3 is 9.11 Å². The molecule has 0 amide bonds. The van der Waals surface area contributed by atoms with Gasteiger partial charge in [0.2, 0.25) is 0 Å². The van der Waals surface area contributed by atoms with Gasteiger partial charge in [0.05, 0.1) is 0 Å². The van der Waals surface area contributed by atoms with Gasteiger partial charge in [-0.3, -0.25) is 0 Å². The molecular formula is C8H4F6O6Pt2S2-2. The molecule has 0 saturated carbocycles. The van der Waals surface area contributed by atoms with Crippen molar-refractivity contribution in [3.05, 3.63) is 35.8 Å². The van der Waals surface area contributed by atoms with Crippen LogP contribution in [0.5, 0.6) is 0 Å². The molecule has 0 fully saturated rings. The largest absolute Gasteiger partial charge is 0.741 e. The van der Waals surface area contributed by atoms with Crippen LogP contribution in [-0.4, -0.2) is 37.0 Å². The van der Waals surface area contributed by atoms with Gasteiger partial charge in [0.25, 0.3) is 0 Å². The van der Waals surface area contributed by atoms with Crippen molar-refractivity contribution in [1.29, 1.82) is 0 Å². The van der Waals surface area contributed by atoms with Gasteiger partial charge in [-0.1, -0.05) is 0 Å². The van der Waals surface area contributed by atoms with Crippen LogP contribution >= 0.6 is 0 Å². The summed E-state index contributed by atoms with van der Waals surface area (Å²) in [7, 11) is -12.2. The van der Waals surface area contributed by atoms with Crippen LogP contribution in [0.1, 0.15) is 0 Å². The van der Waals surface area contributed by atoms with Gasteiger partial charge in [-0.25, -0.2) is 16.8 Å². The molecule has 0 bridgehead atoms. The molecule has 0 unspecified atom stereocenters. The van der Waals surface area contributed by atoms with Crippen LogP contribution in [0.15, 0.2) is 35.8 Å². The smallest absolute Gasteiger partial charge is 0.485 e. The number of hydrogen-bond donors (Lipinski definition) is 0. The molecule has 0 saturated heterocycles. The average Bonchev–Trinajstić information content (AvgIpc) is 2.27. The molecule has 24 heavy (non-hydrogen) atoms. The van der Waals surface area contributed by atoms with Crippen molar-refractivity contribution in [1.82, 2.24) is 0 Å². The fraction of sp³-hybridized carbons (Fsp3) is 0.250. The maximum absolute atomic E-state index is 10.7. The minimum absolute atomic E-state index is 0. The van der Waals surface area contributed by atoms with E-state index >= 15 is 0 Å². The second-order valence-corrected chi connectivity index (χ2v) is 5.54. The van der Waals surface area contributed by atoms with E-state index < -0.39 is 31.3 Å². The molecule has 0 atom stereocenters. The van der Waals surface area contributed by atoms with E-state index in [1.165, 1.54) is 0 Å². The first kappa shape index (κ1) is 31.6. The Kier molecular flexibility index (Phi) is 16.1. The van der Waals surface area contributed by atoms with Crippen molar-refractivity contribution in [3.8, 4) is 0 Å². The zero-order valence-corrected chi connectivity index (χ0v) is 16.7. The second-order valence-electron chi connectivity index (χ2n) is 2.80. The third-order valence-corrected chi connectivity index (χ3v) is 2.25. The Hall–Kier alpha value is -0.183. The summed E-state index contributed by atoms with van der Waals surface area (Å²) in [4.78, 5) is 0. The van der Waals surface area contributed by atoms with E-state index in [4.69, 9.17) is 25.9 Å². The molecule has 0 N–H and O–H groups in total. The maximum Gasteiger partial charge on any atom is 0.485 e. The number of rotatable bonds is 0. The number of hydrogen-bond acceptors (Lipinski definition) is 6. The Bertz CT molecular complexity index is 620. The Labute approximate surface area is 161 Å². The van der Waals surface area contributed by atoms with Crippen molar-refractivity contribution in [2.75, 3.05) is 0 Å². The number of alkyl halides is 6. The third kappa shape index (κ3) is 16.7. The second kappa shape index (κ2) is 12.2. The van der Waals surface area contributed by atoms with Crippen LogP contribution in [0.2, 0.25) is 0 Å². The predicted molar refractivity (Wildman–Crippen MR) is 56.8 cm³/mol. The van der Waals surface area contributed by atoms with Gasteiger partial charge in [0.1, 0.15) is 0 Å². The summed E-state index contributed by atoms with van der Waals surface area (Å²) in [6.07, 6.45) is 7.28. The molecule has 148 valence electrons. The van der Waals surface area contributed by atoms with Crippen molar-refractivity contribution in [3.63, 3.8) is 0 Å². The zero-order valence-electron chi connectivity index (χ0n) is 10.5. The molecule has 0 aromatic heterocycles. The standard InChI is InChI=1S/C6H4.2CHF3O3S.2Pt/c1-2-4-6-5-3-1;2*2-1(3,4)8(5,6)7;;/h1-2,5-6H;2*(H,5,6,7);;/p-2. The Morgan fingerprint density at radius 3 is 0.792 bits per heavy atom. The predicted octanol–water partition coefficient (Wildman–Crippen LogP) is 1.52. The molecule has 0 spiro atoms. The average molecular weight is 764 g/mol. The van der Waals surface area contributed by atoms with Crippen molar-refractivity contribution in [2.24, 2.45) is 0 Å². The Morgan fingerprint density at radius 1 is 0.625 bits per heavy atom. The van der Waals surface area contributed by atoms with Crippen LogP contribution < -0.4 is 0 Å². The van der Waals surface area contributed by atoms with E-state index in [1.54, 1.807) is 0 Å². The molecule has 0 aliphatic heterocycles. The monoisotopic (exact) mass is 764 g/mol. The molecule has 0 radical (unpaired) electrons. The summed E-state index contributed by atoms with van der Waals surface area (Å²) in [6.45, 7) is 0. The Morgan fingerprint density at radius 2 is 0.750 bits per heavy atom. The summed E-state index contributed by atoms with van der Waals surface area (Å²) < 4.78 is 118. The first-order valence-corrected chi connectivity index (χ1v) is 7.18. The maximum atomic E-state index is 10.7. The summed E-state index contributed by atoms with van der Waals surface area (Å²) >= 11 is 0. The van der Waals surface area contributed by atoms with E-state index in [2.05, 4.69) is 11.5 Å². The molecule has 1 aliphatic rings. The first-order chi connectivity index (χ1) is 9.50. The molecule has 0 heterocycles. The van der Waals surface area contributed by atoms with Crippen molar-refractivity contribution in [2.45, 2.75) is 11.0 Å². The molecule has 1 rings (SSSR count). The minimum Gasteiger partial charge on any atom is -0.741 e. The Balaban J connectivity index is -0.000000121. The summed E-state index contributed by atoms with van der Waals surface area (Å²) in [6, 6.07) is 0. The van der Waals surface area contributed by atoms with Crippen LogP contribution in [-0.2, 0) is 62.4 Å². The summed E-state index contributed by atoms with van der Waals surface area (Å²) in [5.74, 6) is 0. The number of halogens is 6. The van der Waals surface area contributed by atoms with Crippen molar-refractivity contribution >= 4 is 20.2 Å². The van der Waals surface area contributed by atoms with Crippen LogP contribution in [0.25, 0.3) is 0 Å². The van der Waals surface area contributed by atoms with E-state index in [0.29, 0.717) is 0 Å². The van der Waals surface area contributed by atoms with Crippen LogP contribution in [0.3, 0.4) is 0 Å². The first-order valence-electron chi connectivity index (χ1n) is 4.36. The molecule has 16 heteroatoms. The number of allylic oxidation sites excluding steroid dienone is 2. The van der Waals surface area contributed by atoms with Gasteiger partial charge >= 0.3 is 11.0 Å². The molecule has 0 aromatic carbocycles. The van der Waals surface area contributed by atoms with Gasteiger partial charge in [-0.05, 0) is 24.3 Å². The third-order valence-electron chi connectivity index (χ3n) is 1.12. The van der Waals surface area contributed by atoms with E-state index in [9.17, 15) is 26.3 Å². The molecule has 0 aromatic rings. The molecular weight excluding hydrogens is 760 g/mol. The van der Waals surface area contributed by atoms with Gasteiger partial charge in [0, 0.05) is 42.1 Å². The molecule has 1 aliphatic carbocycles. The quantitative estimate of drug-likeness (QED) is 0.160. The normalized spacial score (nSPS) is 12.7. The van der Waals surface area contributed by atoms with Gasteiger partial charge in [-0.15, -0.1) is 11.5 Å². The van der Waals surface area contributed by atoms with E-state index in [0.717, 1.165) is 0 Å². The summed E-state index contributed by atoms with van der Waals surface area (Å²) in [5.41, 5.74) is -5.57.